The van der Waals surface area contributed by atoms with E-state index in [-0.39, 0.29) is 211 Å². The Morgan fingerprint density at radius 1 is 0.789 bits per heavy atom. The van der Waals surface area contributed by atoms with E-state index in [1.165, 1.54) is 0 Å². The Labute approximate surface area is 260 Å². The maximum absolute atomic E-state index is 9.02. The second-order valence-electron chi connectivity index (χ2n) is 2.88. The van der Waals surface area contributed by atoms with Crippen LogP contribution in [0.3, 0.4) is 0 Å². The van der Waals surface area contributed by atoms with Crippen LogP contribution in [-0.4, -0.2) is 29.1 Å². The van der Waals surface area contributed by atoms with Gasteiger partial charge >= 0.3 is 0 Å². The van der Waals surface area contributed by atoms with E-state index < -0.39 is 0 Å². The van der Waals surface area contributed by atoms with E-state index in [1.807, 2.05) is 0 Å². The SMILES string of the molecule is CC(C)N1CC[C-](O)C1.[W].[W].[W].[W].[W].[W].[W].[W].[W].[W]. The van der Waals surface area contributed by atoms with Crippen LogP contribution >= 0.6 is 0 Å². The van der Waals surface area contributed by atoms with Crippen LogP contribution in [0.15, 0.2) is 0 Å². The molecule has 1 fully saturated rings. The molecular formula is C7H14NOW10-. The minimum absolute atomic E-state index is 0. The summed E-state index contributed by atoms with van der Waals surface area (Å²) in [5.41, 5.74) is 0. The largest absolute Gasteiger partial charge is 0.562 e. The van der Waals surface area contributed by atoms with Gasteiger partial charge in [0.2, 0.25) is 0 Å². The zero-order chi connectivity index (χ0) is 6.85. The second-order valence-corrected chi connectivity index (χ2v) is 2.88. The molecule has 19 heavy (non-hydrogen) atoms. The summed E-state index contributed by atoms with van der Waals surface area (Å²) in [7, 11) is 0. The summed E-state index contributed by atoms with van der Waals surface area (Å²) >= 11 is 0. The summed E-state index contributed by atoms with van der Waals surface area (Å²) in [4.78, 5) is 2.26. The van der Waals surface area contributed by atoms with Gasteiger partial charge in [-0.15, -0.1) is 13.0 Å². The van der Waals surface area contributed by atoms with Gasteiger partial charge in [0.15, 0.2) is 0 Å². The molecule has 0 aromatic carbocycles. The Kier molecular flexibility index (Phi) is 133. The van der Waals surface area contributed by atoms with E-state index in [1.54, 1.807) is 0 Å². The summed E-state index contributed by atoms with van der Waals surface area (Å²) in [6.45, 7) is 6.12. The maximum Gasteiger partial charge on any atom is 0.000993 e. The Hall–Kier alpha value is 6.80. The molecule has 0 spiro atoms. The van der Waals surface area contributed by atoms with Gasteiger partial charge in [-0.1, -0.05) is 0 Å². The minimum Gasteiger partial charge on any atom is -0.562 e. The average Bonchev–Trinajstić information content (AvgIpc) is 2.14. The molecule has 0 aromatic rings. The van der Waals surface area contributed by atoms with Crippen LogP contribution in [0.2, 0.25) is 0 Å². The smallest absolute Gasteiger partial charge is 0.000993 e. The summed E-state index contributed by atoms with van der Waals surface area (Å²) in [5, 5.41) is 9.02. The fourth-order valence-electron chi connectivity index (χ4n) is 1.11. The van der Waals surface area contributed by atoms with Crippen LogP contribution in [0.1, 0.15) is 20.3 Å². The summed E-state index contributed by atoms with van der Waals surface area (Å²) in [6, 6.07) is 0.578. The molecule has 1 aliphatic rings. The average molecular weight is 1970 g/mol. The standard InChI is InChI=1S/C7H14NO.10W/c1-6(2)8-4-3-7(9)5-8;;;;;;;;;;/h6,9H,3-5H2,1-2H3;;;;;;;;;;/q-1;;;;;;;;;;. The molecule has 0 saturated carbocycles. The number of nitrogens with zero attached hydrogens (tertiary/aromatic N) is 1. The van der Waals surface area contributed by atoms with Crippen LogP contribution < -0.4 is 0 Å². The van der Waals surface area contributed by atoms with E-state index in [0.29, 0.717) is 12.1 Å². The van der Waals surface area contributed by atoms with Crippen molar-refractivity contribution in [2.75, 3.05) is 13.1 Å². The molecule has 0 aromatic heterocycles. The molecule has 2 nitrogen and oxygen atoms in total. The summed E-state index contributed by atoms with van der Waals surface area (Å²) < 4.78 is 0. The zero-order valence-electron chi connectivity index (χ0n) is 10.2. The van der Waals surface area contributed by atoms with Gasteiger partial charge in [0.25, 0.3) is 0 Å². The zero-order valence-corrected chi connectivity index (χ0v) is 39.5. The van der Waals surface area contributed by atoms with Gasteiger partial charge in [0.1, 0.15) is 0 Å². The molecule has 0 atom stereocenters. The fraction of sp³-hybridized carbons (Fsp3) is 0.857. The van der Waals surface area contributed by atoms with Gasteiger partial charge in [-0.05, 0) is 20.4 Å². The third-order valence-electron chi connectivity index (χ3n) is 1.80. The van der Waals surface area contributed by atoms with Crippen LogP contribution in [0.25, 0.3) is 0 Å². The Morgan fingerprint density at radius 3 is 1.21 bits per heavy atom. The third-order valence-corrected chi connectivity index (χ3v) is 1.80. The molecular weight excluding hydrogens is 1950 g/mol. The van der Waals surface area contributed by atoms with E-state index in [9.17, 15) is 0 Å². The number of likely N-dealkylation sites (tertiary alicyclic amines) is 1. The van der Waals surface area contributed by atoms with Crippen molar-refractivity contribution < 1.29 is 216 Å². The Bertz CT molecular complexity index is 112. The van der Waals surface area contributed by atoms with Gasteiger partial charge in [-0.2, -0.15) is 6.10 Å². The molecule has 114 valence electrons. The van der Waals surface area contributed by atoms with Crippen molar-refractivity contribution in [3.8, 4) is 0 Å². The van der Waals surface area contributed by atoms with Crippen LogP contribution in [-0.2, 0) is 211 Å². The van der Waals surface area contributed by atoms with Crippen molar-refractivity contribution in [3.05, 3.63) is 6.10 Å². The number of aliphatic hydroxyl groups is 1. The number of rotatable bonds is 1. The fourth-order valence-corrected chi connectivity index (χ4v) is 1.11. The molecule has 0 bridgehead atoms. The molecule has 1 N–H and O–H groups in total. The first-order valence-electron chi connectivity index (χ1n) is 3.48. The number of hydrogen-bond donors (Lipinski definition) is 1. The maximum atomic E-state index is 9.02. The topological polar surface area (TPSA) is 23.5 Å². The molecule has 1 rings (SSSR count). The number of hydrogen-bond acceptors (Lipinski definition) is 2. The van der Waals surface area contributed by atoms with Gasteiger partial charge < -0.3 is 10.0 Å². The molecule has 0 amide bonds. The Morgan fingerprint density at radius 2 is 1.11 bits per heavy atom. The van der Waals surface area contributed by atoms with Crippen molar-refractivity contribution in [2.45, 2.75) is 26.3 Å². The Balaban J connectivity index is -0.0000000101. The number of aliphatic hydroxyl groups excluding tert-OH is 1. The third kappa shape index (κ3) is 32.9. The van der Waals surface area contributed by atoms with Gasteiger partial charge in [-0.3, -0.25) is 0 Å². The van der Waals surface area contributed by atoms with Crippen molar-refractivity contribution in [2.24, 2.45) is 0 Å². The molecule has 12 heteroatoms. The first-order chi connectivity index (χ1) is 4.20. The molecule has 1 aliphatic heterocycles. The summed E-state index contributed by atoms with van der Waals surface area (Å²) in [5.74, 6) is 0. The van der Waals surface area contributed by atoms with E-state index in [0.717, 1.165) is 19.5 Å². The van der Waals surface area contributed by atoms with Crippen LogP contribution in [0.5, 0.6) is 0 Å². The van der Waals surface area contributed by atoms with Crippen molar-refractivity contribution in [3.63, 3.8) is 0 Å². The van der Waals surface area contributed by atoms with Crippen LogP contribution in [0, 0.1) is 6.10 Å². The quantitative estimate of drug-likeness (QED) is 0.397. The minimum atomic E-state index is 0. The van der Waals surface area contributed by atoms with Gasteiger partial charge in [0, 0.05) is 217 Å². The van der Waals surface area contributed by atoms with Crippen LogP contribution in [0.4, 0.5) is 0 Å². The van der Waals surface area contributed by atoms with E-state index >= 15 is 0 Å². The first kappa shape index (κ1) is 63.6. The van der Waals surface area contributed by atoms with Crippen molar-refractivity contribution >= 4 is 0 Å². The van der Waals surface area contributed by atoms with Crippen molar-refractivity contribution in [1.29, 1.82) is 0 Å². The molecule has 0 radical (unpaired) electrons. The molecule has 1 saturated heterocycles. The predicted octanol–water partition coefficient (Wildman–Crippen LogP) is 0.980. The predicted molar refractivity (Wildman–Crippen MR) is 36.5 cm³/mol. The first-order valence-corrected chi connectivity index (χ1v) is 3.48. The summed E-state index contributed by atoms with van der Waals surface area (Å²) in [6.07, 6.45) is 1.52. The molecule has 0 aliphatic carbocycles. The van der Waals surface area contributed by atoms with Gasteiger partial charge in [-0.25, -0.2) is 0 Å². The normalized spacial score (nSPS) is 11.4. The van der Waals surface area contributed by atoms with Gasteiger partial charge in [0.05, 0.1) is 0 Å². The second kappa shape index (κ2) is 39.7. The monoisotopic (exact) mass is 1970 g/mol. The van der Waals surface area contributed by atoms with E-state index in [4.69, 9.17) is 5.11 Å². The van der Waals surface area contributed by atoms with E-state index in [2.05, 4.69) is 18.7 Å². The molecule has 1 heterocycles. The van der Waals surface area contributed by atoms with Crippen molar-refractivity contribution in [1.82, 2.24) is 4.90 Å². The molecule has 0 unspecified atom stereocenters.